The lowest BCUT2D eigenvalue weighted by Crippen LogP contribution is -2.21. The van der Waals surface area contributed by atoms with Crippen LogP contribution in [0, 0.1) is 0 Å². The molecule has 0 saturated heterocycles. The van der Waals surface area contributed by atoms with Gasteiger partial charge >= 0.3 is 0 Å². The SMILES string of the molecule is CCN(CC)c1ccc(/C=N\NC(=O)c2cc(-c3ccccc3)n[nH]2)c(O)c1. The van der Waals surface area contributed by atoms with E-state index in [4.69, 9.17) is 0 Å². The van der Waals surface area contributed by atoms with E-state index in [1.807, 2.05) is 36.4 Å². The Morgan fingerprint density at radius 3 is 2.61 bits per heavy atom. The molecule has 0 fully saturated rings. The summed E-state index contributed by atoms with van der Waals surface area (Å²) in [6.45, 7) is 5.83. The Balaban J connectivity index is 1.65. The number of nitrogens with zero attached hydrogens (tertiary/aromatic N) is 3. The molecule has 0 radical (unpaired) electrons. The van der Waals surface area contributed by atoms with Gasteiger partial charge in [-0.15, -0.1) is 0 Å². The number of nitrogens with one attached hydrogen (secondary N) is 2. The molecule has 0 saturated carbocycles. The third-order valence-electron chi connectivity index (χ3n) is 4.40. The maximum Gasteiger partial charge on any atom is 0.289 e. The Morgan fingerprint density at radius 2 is 1.93 bits per heavy atom. The van der Waals surface area contributed by atoms with Crippen LogP contribution in [0.2, 0.25) is 0 Å². The van der Waals surface area contributed by atoms with Crippen LogP contribution in [0.5, 0.6) is 5.75 Å². The van der Waals surface area contributed by atoms with Crippen molar-refractivity contribution in [1.82, 2.24) is 15.6 Å². The molecule has 3 rings (SSSR count). The number of rotatable bonds is 7. The number of carbonyl (C=O) groups is 1. The van der Waals surface area contributed by atoms with Crippen molar-refractivity contribution >= 4 is 17.8 Å². The molecular formula is C21H23N5O2. The fourth-order valence-electron chi connectivity index (χ4n) is 2.84. The van der Waals surface area contributed by atoms with Crippen molar-refractivity contribution in [2.24, 2.45) is 5.10 Å². The first-order valence-electron chi connectivity index (χ1n) is 9.14. The molecule has 0 aliphatic carbocycles. The Labute approximate surface area is 163 Å². The topological polar surface area (TPSA) is 93.6 Å². The molecule has 0 bridgehead atoms. The first-order valence-corrected chi connectivity index (χ1v) is 9.14. The summed E-state index contributed by atoms with van der Waals surface area (Å²) in [6.07, 6.45) is 1.41. The molecule has 1 amide bonds. The maximum absolute atomic E-state index is 12.2. The van der Waals surface area contributed by atoms with Gasteiger partial charge in [0.25, 0.3) is 5.91 Å². The molecule has 7 nitrogen and oxygen atoms in total. The van der Waals surface area contributed by atoms with Crippen LogP contribution in [0.3, 0.4) is 0 Å². The van der Waals surface area contributed by atoms with Crippen molar-refractivity contribution in [3.8, 4) is 17.0 Å². The van der Waals surface area contributed by atoms with E-state index >= 15 is 0 Å². The summed E-state index contributed by atoms with van der Waals surface area (Å²) < 4.78 is 0. The number of hydrazone groups is 1. The lowest BCUT2D eigenvalue weighted by atomic mass is 10.1. The molecule has 3 N–H and O–H groups in total. The molecule has 0 spiro atoms. The summed E-state index contributed by atoms with van der Waals surface area (Å²) in [5.41, 5.74) is 5.79. The quantitative estimate of drug-likeness (QED) is 0.435. The monoisotopic (exact) mass is 377 g/mol. The van der Waals surface area contributed by atoms with Gasteiger partial charge in [-0.05, 0) is 32.0 Å². The molecule has 7 heteroatoms. The molecule has 3 aromatic rings. The summed E-state index contributed by atoms with van der Waals surface area (Å²) >= 11 is 0. The van der Waals surface area contributed by atoms with Crippen LogP contribution in [-0.2, 0) is 0 Å². The predicted octanol–water partition coefficient (Wildman–Crippen LogP) is 3.39. The highest BCUT2D eigenvalue weighted by Gasteiger charge is 2.10. The van der Waals surface area contributed by atoms with Gasteiger partial charge in [-0.2, -0.15) is 10.2 Å². The summed E-state index contributed by atoms with van der Waals surface area (Å²) in [4.78, 5) is 14.4. The predicted molar refractivity (Wildman–Crippen MR) is 111 cm³/mol. The number of hydrogen-bond donors (Lipinski definition) is 3. The van der Waals surface area contributed by atoms with Gasteiger partial charge in [0, 0.05) is 36.0 Å². The third-order valence-corrected chi connectivity index (χ3v) is 4.40. The number of anilines is 1. The average Bonchev–Trinajstić information content (AvgIpc) is 3.21. The van der Waals surface area contributed by atoms with Crippen molar-refractivity contribution in [3.63, 3.8) is 0 Å². The number of hydrogen-bond acceptors (Lipinski definition) is 5. The number of phenols is 1. The summed E-state index contributed by atoms with van der Waals surface area (Å²) in [7, 11) is 0. The number of amides is 1. The highest BCUT2D eigenvalue weighted by molar-refractivity contribution is 5.94. The van der Waals surface area contributed by atoms with Gasteiger partial charge < -0.3 is 10.0 Å². The van der Waals surface area contributed by atoms with E-state index < -0.39 is 5.91 Å². The maximum atomic E-state index is 12.2. The molecule has 0 aliphatic heterocycles. The number of aromatic nitrogens is 2. The highest BCUT2D eigenvalue weighted by atomic mass is 16.3. The molecule has 1 heterocycles. The first kappa shape index (κ1) is 19.2. The van der Waals surface area contributed by atoms with Crippen LogP contribution in [0.4, 0.5) is 5.69 Å². The highest BCUT2D eigenvalue weighted by Crippen LogP contribution is 2.23. The van der Waals surface area contributed by atoms with E-state index in [0.29, 0.717) is 17.0 Å². The van der Waals surface area contributed by atoms with Crippen molar-refractivity contribution in [3.05, 3.63) is 65.9 Å². The first-order chi connectivity index (χ1) is 13.6. The van der Waals surface area contributed by atoms with Gasteiger partial charge in [-0.1, -0.05) is 30.3 Å². The van der Waals surface area contributed by atoms with E-state index in [1.165, 1.54) is 6.21 Å². The van der Waals surface area contributed by atoms with Crippen molar-refractivity contribution in [2.75, 3.05) is 18.0 Å². The largest absolute Gasteiger partial charge is 0.507 e. The minimum Gasteiger partial charge on any atom is -0.507 e. The zero-order valence-electron chi connectivity index (χ0n) is 15.9. The lowest BCUT2D eigenvalue weighted by Gasteiger charge is -2.21. The second-order valence-corrected chi connectivity index (χ2v) is 6.15. The fraction of sp³-hybridized carbons (Fsp3) is 0.190. The second kappa shape index (κ2) is 8.85. The molecule has 1 aromatic heterocycles. The minimum absolute atomic E-state index is 0.107. The van der Waals surface area contributed by atoms with Gasteiger partial charge in [0.15, 0.2) is 0 Å². The van der Waals surface area contributed by atoms with Gasteiger partial charge in [0.05, 0.1) is 11.9 Å². The van der Waals surface area contributed by atoms with Gasteiger partial charge in [-0.25, -0.2) is 5.43 Å². The summed E-state index contributed by atoms with van der Waals surface area (Å²) in [5, 5.41) is 21.0. The molecule has 0 unspecified atom stereocenters. The number of benzene rings is 2. The van der Waals surface area contributed by atoms with E-state index in [1.54, 1.807) is 18.2 Å². The zero-order chi connectivity index (χ0) is 19.9. The molecule has 144 valence electrons. The van der Waals surface area contributed by atoms with Crippen molar-refractivity contribution in [2.45, 2.75) is 13.8 Å². The Morgan fingerprint density at radius 1 is 1.18 bits per heavy atom. The fourth-order valence-corrected chi connectivity index (χ4v) is 2.84. The number of aromatic hydroxyl groups is 1. The van der Waals surface area contributed by atoms with Crippen LogP contribution in [-0.4, -0.2) is 40.5 Å². The second-order valence-electron chi connectivity index (χ2n) is 6.15. The summed E-state index contributed by atoms with van der Waals surface area (Å²) in [5.74, 6) is -0.305. The number of carbonyl (C=O) groups excluding carboxylic acids is 1. The zero-order valence-corrected chi connectivity index (χ0v) is 15.9. The Hall–Kier alpha value is -3.61. The van der Waals surface area contributed by atoms with Crippen LogP contribution in [0.15, 0.2) is 59.7 Å². The van der Waals surface area contributed by atoms with Gasteiger partial charge in [0.1, 0.15) is 11.4 Å². The van der Waals surface area contributed by atoms with Crippen molar-refractivity contribution < 1.29 is 9.90 Å². The minimum atomic E-state index is -0.412. The molecular weight excluding hydrogens is 354 g/mol. The molecule has 28 heavy (non-hydrogen) atoms. The molecule has 2 aromatic carbocycles. The lowest BCUT2D eigenvalue weighted by molar-refractivity contribution is 0.0950. The van der Waals surface area contributed by atoms with Crippen LogP contribution in [0.25, 0.3) is 11.3 Å². The van der Waals surface area contributed by atoms with E-state index in [-0.39, 0.29) is 5.75 Å². The molecule has 0 aliphatic rings. The Bertz CT molecular complexity index is 962. The average molecular weight is 377 g/mol. The van der Waals surface area contributed by atoms with E-state index in [0.717, 1.165) is 24.3 Å². The summed E-state index contributed by atoms with van der Waals surface area (Å²) in [6, 6.07) is 16.6. The van der Waals surface area contributed by atoms with E-state index in [2.05, 4.69) is 39.5 Å². The van der Waals surface area contributed by atoms with Crippen molar-refractivity contribution in [1.29, 1.82) is 0 Å². The number of H-pyrrole nitrogens is 1. The third kappa shape index (κ3) is 4.37. The molecule has 0 atom stereocenters. The Kier molecular flexibility index (Phi) is 6.06. The number of aromatic amines is 1. The van der Waals surface area contributed by atoms with Crippen LogP contribution >= 0.6 is 0 Å². The van der Waals surface area contributed by atoms with Gasteiger partial charge in [0.2, 0.25) is 0 Å². The number of phenolic OH excluding ortho intramolecular Hbond substituents is 1. The van der Waals surface area contributed by atoms with E-state index in [9.17, 15) is 9.90 Å². The van der Waals surface area contributed by atoms with Crippen LogP contribution in [0.1, 0.15) is 29.9 Å². The van der Waals surface area contributed by atoms with Crippen LogP contribution < -0.4 is 10.3 Å². The standard InChI is InChI=1S/C21H23N5O2/c1-3-26(4-2)17-11-10-16(20(27)12-17)14-22-25-21(28)19-13-18(23-24-19)15-8-6-5-7-9-15/h5-14,27H,3-4H2,1-2H3,(H,23,24)(H,25,28)/b22-14-. The normalized spacial score (nSPS) is 10.9. The van der Waals surface area contributed by atoms with Gasteiger partial charge in [-0.3, -0.25) is 9.89 Å². The smallest absolute Gasteiger partial charge is 0.289 e.